The Hall–Kier alpha value is -3.71. The van der Waals surface area contributed by atoms with E-state index in [0.29, 0.717) is 12.2 Å². The highest BCUT2D eigenvalue weighted by Gasteiger charge is 2.54. The van der Waals surface area contributed by atoms with Gasteiger partial charge in [-0.05, 0) is 63.1 Å². The van der Waals surface area contributed by atoms with E-state index in [-0.39, 0.29) is 24.7 Å². The molecule has 0 aliphatic carbocycles. The molecule has 3 aromatic rings. The maximum Gasteiger partial charge on any atom is 0.417 e. The van der Waals surface area contributed by atoms with E-state index >= 15 is 0 Å². The van der Waals surface area contributed by atoms with E-state index < -0.39 is 35.3 Å². The first kappa shape index (κ1) is 31.2. The quantitative estimate of drug-likeness (QED) is 0.132. The maximum absolute atomic E-state index is 14.2. The summed E-state index contributed by atoms with van der Waals surface area (Å²) in [5, 5.41) is 9.12. The van der Waals surface area contributed by atoms with E-state index in [1.807, 2.05) is 69.3 Å². The predicted molar refractivity (Wildman–Crippen MR) is 162 cm³/mol. The number of hydrogen-bond donors (Lipinski definition) is 1. The van der Waals surface area contributed by atoms with Gasteiger partial charge in [0.1, 0.15) is 17.3 Å². The number of cyclic esters (lactones) is 1. The zero-order valence-corrected chi connectivity index (χ0v) is 25.4. The highest BCUT2D eigenvalue weighted by atomic mass is 16.6. The largest absolute Gasteiger partial charge is 0.457 e. The Bertz CT molecular complexity index is 1390. The topological polar surface area (TPSA) is 97.1 Å². The molecule has 0 radical (unpaired) electrons. The lowest BCUT2D eigenvalue weighted by molar-refractivity contribution is -0.133. The highest BCUT2D eigenvalue weighted by Crippen LogP contribution is 2.37. The third-order valence-electron chi connectivity index (χ3n) is 8.00. The Kier molecular flexibility index (Phi) is 10.0. The van der Waals surface area contributed by atoms with Crippen LogP contribution in [0, 0.1) is 18.8 Å². The van der Waals surface area contributed by atoms with Crippen LogP contribution in [0.5, 0.6) is 0 Å². The molecule has 4 rings (SSSR count). The Morgan fingerprint density at radius 2 is 1.69 bits per heavy atom. The molecule has 224 valence electrons. The van der Waals surface area contributed by atoms with Crippen molar-refractivity contribution < 1.29 is 28.6 Å². The van der Waals surface area contributed by atoms with Gasteiger partial charge in [0.15, 0.2) is 5.76 Å². The summed E-state index contributed by atoms with van der Waals surface area (Å²) >= 11 is 0. The lowest BCUT2D eigenvalue weighted by atomic mass is 9.86. The van der Waals surface area contributed by atoms with Gasteiger partial charge in [0.2, 0.25) is 11.7 Å². The predicted octanol–water partition coefficient (Wildman–Crippen LogP) is 7.17. The van der Waals surface area contributed by atoms with Gasteiger partial charge in [0.25, 0.3) is 0 Å². The van der Waals surface area contributed by atoms with Crippen LogP contribution in [0.4, 0.5) is 4.79 Å². The van der Waals surface area contributed by atoms with Gasteiger partial charge in [-0.25, -0.2) is 9.69 Å². The maximum atomic E-state index is 14.2. The molecule has 0 saturated carbocycles. The summed E-state index contributed by atoms with van der Waals surface area (Å²) in [7, 11) is 0. The average Bonchev–Trinajstić information content (AvgIpc) is 3.48. The van der Waals surface area contributed by atoms with Crippen LogP contribution in [-0.2, 0) is 22.4 Å². The van der Waals surface area contributed by atoms with E-state index in [1.165, 1.54) is 0 Å². The number of nitrogens with zero attached hydrogens (tertiary/aromatic N) is 1. The third kappa shape index (κ3) is 7.01. The number of carbonyl (C=O) groups is 3. The van der Waals surface area contributed by atoms with Gasteiger partial charge in [0.05, 0.1) is 6.04 Å². The van der Waals surface area contributed by atoms with Crippen LogP contribution in [0.1, 0.15) is 80.8 Å². The number of benzene rings is 2. The summed E-state index contributed by atoms with van der Waals surface area (Å²) in [6.07, 6.45) is 3.47. The number of carbonyl (C=O) groups excluding carboxylic acids is 3. The van der Waals surface area contributed by atoms with Crippen molar-refractivity contribution in [2.24, 2.45) is 11.8 Å². The standard InChI is InChI=1S/C35H43NO6/c1-23(2)32-35(4,5)42-34(40)36(32)33(39)28(21-25-15-9-8-10-16-25)31(38)30-22-27(26-17-13-14-24(3)20-26)29(41-30)18-11-6-7-12-19-37/h8-10,13-17,20,22-23,28,32,37H,6-7,11-12,18-19,21H2,1-5H3/t28-,32+/m0/s1. The fraction of sp³-hybridized carbons (Fsp3) is 0.457. The SMILES string of the molecule is Cc1cccc(-c2cc(C(=O)[C@H](Cc3ccccc3)C(=O)N3C(=O)OC(C)(C)[C@H]3C(C)C)oc2CCCCCCO)c1. The normalized spacial score (nSPS) is 17.0. The van der Waals surface area contributed by atoms with Crippen molar-refractivity contribution in [1.82, 2.24) is 4.90 Å². The summed E-state index contributed by atoms with van der Waals surface area (Å²) < 4.78 is 11.9. The molecule has 0 bridgehead atoms. The molecule has 1 N–H and O–H groups in total. The molecule has 1 aliphatic heterocycles. The number of Topliss-reactive ketones (excluding diaryl/α,β-unsaturated/α-hetero) is 1. The monoisotopic (exact) mass is 573 g/mol. The van der Waals surface area contributed by atoms with Gasteiger partial charge in [0, 0.05) is 18.6 Å². The Morgan fingerprint density at radius 3 is 2.36 bits per heavy atom. The molecule has 7 heteroatoms. The zero-order chi connectivity index (χ0) is 30.4. The van der Waals surface area contributed by atoms with E-state index in [0.717, 1.165) is 52.8 Å². The Morgan fingerprint density at radius 1 is 0.976 bits per heavy atom. The molecule has 0 unspecified atom stereocenters. The smallest absolute Gasteiger partial charge is 0.417 e. The number of aliphatic hydroxyl groups is 1. The number of aliphatic hydroxyl groups excluding tert-OH is 1. The second kappa shape index (κ2) is 13.5. The highest BCUT2D eigenvalue weighted by molar-refractivity contribution is 6.12. The first-order valence-corrected chi connectivity index (χ1v) is 15.0. The second-order valence-electron chi connectivity index (χ2n) is 12.2. The van der Waals surface area contributed by atoms with Crippen molar-refractivity contribution in [2.75, 3.05) is 6.61 Å². The van der Waals surface area contributed by atoms with E-state index in [1.54, 1.807) is 19.9 Å². The zero-order valence-electron chi connectivity index (χ0n) is 25.4. The molecule has 2 heterocycles. The number of imide groups is 1. The van der Waals surface area contributed by atoms with Gasteiger partial charge < -0.3 is 14.3 Å². The van der Waals surface area contributed by atoms with Gasteiger partial charge in [-0.1, -0.05) is 86.8 Å². The van der Waals surface area contributed by atoms with Gasteiger partial charge >= 0.3 is 6.09 Å². The number of rotatable bonds is 13. The van der Waals surface area contributed by atoms with Crippen molar-refractivity contribution in [3.05, 3.63) is 83.3 Å². The summed E-state index contributed by atoms with van der Waals surface area (Å²) in [6.45, 7) is 9.66. The molecule has 1 aliphatic rings. The second-order valence-corrected chi connectivity index (χ2v) is 12.2. The van der Waals surface area contributed by atoms with Gasteiger partial charge in [-0.3, -0.25) is 9.59 Å². The molecule has 2 aromatic carbocycles. The number of ether oxygens (including phenoxy) is 1. The number of aryl methyl sites for hydroxylation is 2. The minimum absolute atomic E-state index is 0.0724. The molecular weight excluding hydrogens is 530 g/mol. The number of hydrogen-bond acceptors (Lipinski definition) is 6. The fourth-order valence-electron chi connectivity index (χ4n) is 6.11. The summed E-state index contributed by atoms with van der Waals surface area (Å²) in [5.41, 5.74) is 2.79. The number of ketones is 1. The van der Waals surface area contributed by atoms with Crippen molar-refractivity contribution >= 4 is 17.8 Å². The first-order chi connectivity index (χ1) is 20.0. The summed E-state index contributed by atoms with van der Waals surface area (Å²) in [6, 6.07) is 18.6. The molecule has 1 fully saturated rings. The number of furan rings is 1. The van der Waals surface area contributed by atoms with E-state index in [9.17, 15) is 14.4 Å². The molecule has 0 spiro atoms. The molecule has 1 aromatic heterocycles. The Labute approximate surface area is 248 Å². The van der Waals surface area contributed by atoms with Crippen LogP contribution in [0.15, 0.2) is 65.1 Å². The van der Waals surface area contributed by atoms with Crippen LogP contribution in [0.25, 0.3) is 11.1 Å². The number of unbranched alkanes of at least 4 members (excludes halogenated alkanes) is 3. The van der Waals surface area contributed by atoms with Gasteiger partial charge in [-0.2, -0.15) is 0 Å². The van der Waals surface area contributed by atoms with Crippen LogP contribution in [-0.4, -0.2) is 46.0 Å². The minimum atomic E-state index is -1.16. The third-order valence-corrected chi connectivity index (χ3v) is 8.00. The van der Waals surface area contributed by atoms with Gasteiger partial charge in [-0.15, -0.1) is 0 Å². The molecule has 1 saturated heterocycles. The molecule has 2 atom stereocenters. The number of amides is 2. The average molecular weight is 574 g/mol. The summed E-state index contributed by atoms with van der Waals surface area (Å²) in [5.74, 6) is -1.46. The molecular formula is C35H43NO6. The van der Waals surface area contributed by atoms with E-state index in [4.69, 9.17) is 14.3 Å². The first-order valence-electron chi connectivity index (χ1n) is 15.0. The van der Waals surface area contributed by atoms with Crippen molar-refractivity contribution in [3.8, 4) is 11.1 Å². The fourth-order valence-corrected chi connectivity index (χ4v) is 6.11. The Balaban J connectivity index is 1.72. The lowest BCUT2D eigenvalue weighted by Gasteiger charge is -2.32. The van der Waals surface area contributed by atoms with Crippen molar-refractivity contribution in [2.45, 2.75) is 84.8 Å². The van der Waals surface area contributed by atoms with Crippen LogP contribution < -0.4 is 0 Å². The van der Waals surface area contributed by atoms with Crippen molar-refractivity contribution in [1.29, 1.82) is 0 Å². The van der Waals surface area contributed by atoms with Crippen LogP contribution >= 0.6 is 0 Å². The van der Waals surface area contributed by atoms with Crippen LogP contribution in [0.3, 0.4) is 0 Å². The molecule has 42 heavy (non-hydrogen) atoms. The molecule has 2 amide bonds. The van der Waals surface area contributed by atoms with Crippen LogP contribution in [0.2, 0.25) is 0 Å². The minimum Gasteiger partial charge on any atom is -0.457 e. The van der Waals surface area contributed by atoms with Crippen molar-refractivity contribution in [3.63, 3.8) is 0 Å². The molecule has 7 nitrogen and oxygen atoms in total. The lowest BCUT2D eigenvalue weighted by Crippen LogP contribution is -2.51. The van der Waals surface area contributed by atoms with E-state index in [2.05, 4.69) is 6.07 Å². The summed E-state index contributed by atoms with van der Waals surface area (Å²) in [4.78, 5) is 42.7.